The number of fused-ring (bicyclic) bond motifs is 1. The number of anilines is 1. The standard InChI is InChI=1S/C16H11Cl2N3O2/c17-10-4-6-13(18)21-14(10)15(22)19-9-3-5-12-11(7-9)20-16(23-12)8-1-2-8/h3-8H,1-2H2,(H,19,22). The van der Waals surface area contributed by atoms with Crippen LogP contribution in [0.1, 0.15) is 35.1 Å². The van der Waals surface area contributed by atoms with Crippen LogP contribution in [0.2, 0.25) is 10.2 Å². The van der Waals surface area contributed by atoms with Gasteiger partial charge in [0, 0.05) is 11.6 Å². The lowest BCUT2D eigenvalue weighted by Crippen LogP contribution is -2.14. The number of carbonyl (C=O) groups is 1. The number of rotatable bonds is 3. The highest BCUT2D eigenvalue weighted by atomic mass is 35.5. The molecule has 0 atom stereocenters. The van der Waals surface area contributed by atoms with Crippen molar-refractivity contribution in [1.82, 2.24) is 9.97 Å². The molecule has 3 aromatic rings. The van der Waals surface area contributed by atoms with E-state index in [1.54, 1.807) is 18.2 Å². The minimum Gasteiger partial charge on any atom is -0.440 e. The summed E-state index contributed by atoms with van der Waals surface area (Å²) in [6.45, 7) is 0. The quantitative estimate of drug-likeness (QED) is 0.699. The molecule has 1 aromatic carbocycles. The summed E-state index contributed by atoms with van der Waals surface area (Å²) in [6, 6.07) is 8.37. The second-order valence-corrected chi connectivity index (χ2v) is 6.22. The molecule has 1 fully saturated rings. The van der Waals surface area contributed by atoms with E-state index in [-0.39, 0.29) is 15.9 Å². The first-order chi connectivity index (χ1) is 11.1. The van der Waals surface area contributed by atoms with Gasteiger partial charge in [0.2, 0.25) is 0 Å². The number of oxazole rings is 1. The number of nitrogens with one attached hydrogen (secondary N) is 1. The third kappa shape index (κ3) is 2.90. The van der Waals surface area contributed by atoms with Gasteiger partial charge >= 0.3 is 0 Å². The van der Waals surface area contributed by atoms with Crippen molar-refractivity contribution in [1.29, 1.82) is 0 Å². The van der Waals surface area contributed by atoms with Gasteiger partial charge in [-0.3, -0.25) is 4.79 Å². The molecule has 2 aromatic heterocycles. The summed E-state index contributed by atoms with van der Waals surface area (Å²) >= 11 is 11.8. The topological polar surface area (TPSA) is 68.0 Å². The minimum absolute atomic E-state index is 0.0816. The van der Waals surface area contributed by atoms with Crippen LogP contribution >= 0.6 is 23.2 Å². The molecular formula is C16H11Cl2N3O2. The van der Waals surface area contributed by atoms with E-state index in [1.165, 1.54) is 12.1 Å². The molecule has 0 bridgehead atoms. The smallest absolute Gasteiger partial charge is 0.275 e. The molecule has 7 heteroatoms. The van der Waals surface area contributed by atoms with Crippen molar-refractivity contribution in [2.24, 2.45) is 0 Å². The van der Waals surface area contributed by atoms with E-state index in [1.807, 2.05) is 0 Å². The Morgan fingerprint density at radius 3 is 2.78 bits per heavy atom. The van der Waals surface area contributed by atoms with Gasteiger partial charge in [0.25, 0.3) is 5.91 Å². The Balaban J connectivity index is 1.61. The lowest BCUT2D eigenvalue weighted by atomic mass is 10.2. The van der Waals surface area contributed by atoms with Gasteiger partial charge in [-0.1, -0.05) is 23.2 Å². The van der Waals surface area contributed by atoms with Crippen LogP contribution < -0.4 is 5.32 Å². The fourth-order valence-electron chi connectivity index (χ4n) is 2.30. The molecule has 116 valence electrons. The molecule has 5 nitrogen and oxygen atoms in total. The summed E-state index contributed by atoms with van der Waals surface area (Å²) in [4.78, 5) is 20.7. The van der Waals surface area contributed by atoms with Crippen molar-refractivity contribution in [2.45, 2.75) is 18.8 Å². The van der Waals surface area contributed by atoms with Gasteiger partial charge in [0.1, 0.15) is 16.4 Å². The van der Waals surface area contributed by atoms with Crippen molar-refractivity contribution < 1.29 is 9.21 Å². The van der Waals surface area contributed by atoms with E-state index < -0.39 is 5.91 Å². The molecule has 1 saturated carbocycles. The van der Waals surface area contributed by atoms with Crippen LogP contribution in [0.15, 0.2) is 34.7 Å². The van der Waals surface area contributed by atoms with Crippen molar-refractivity contribution in [3.63, 3.8) is 0 Å². The van der Waals surface area contributed by atoms with Gasteiger partial charge in [0.15, 0.2) is 11.5 Å². The van der Waals surface area contributed by atoms with Gasteiger partial charge in [-0.2, -0.15) is 0 Å². The van der Waals surface area contributed by atoms with Crippen LogP contribution in [0.4, 0.5) is 5.69 Å². The fourth-order valence-corrected chi connectivity index (χ4v) is 2.63. The van der Waals surface area contributed by atoms with E-state index in [0.717, 1.165) is 24.2 Å². The lowest BCUT2D eigenvalue weighted by Gasteiger charge is -2.06. The van der Waals surface area contributed by atoms with E-state index in [0.29, 0.717) is 17.2 Å². The summed E-state index contributed by atoms with van der Waals surface area (Å²) < 4.78 is 5.70. The van der Waals surface area contributed by atoms with Crippen molar-refractivity contribution in [3.8, 4) is 0 Å². The Bertz CT molecular complexity index is 919. The molecule has 0 spiro atoms. The van der Waals surface area contributed by atoms with E-state index in [2.05, 4.69) is 15.3 Å². The summed E-state index contributed by atoms with van der Waals surface area (Å²) in [7, 11) is 0. The zero-order valence-corrected chi connectivity index (χ0v) is 13.4. The van der Waals surface area contributed by atoms with Crippen molar-refractivity contribution in [3.05, 3.63) is 52.1 Å². The number of amides is 1. The maximum absolute atomic E-state index is 12.3. The normalized spacial score (nSPS) is 14.2. The third-order valence-corrected chi connectivity index (χ3v) is 4.13. The minimum atomic E-state index is -0.428. The van der Waals surface area contributed by atoms with Gasteiger partial charge in [-0.05, 0) is 43.2 Å². The van der Waals surface area contributed by atoms with Crippen LogP contribution in [0, 0.1) is 0 Å². The predicted octanol–water partition coefficient (Wildman–Crippen LogP) is 4.66. The molecule has 1 aliphatic rings. The number of carbonyl (C=O) groups excluding carboxylic acids is 1. The van der Waals surface area contributed by atoms with Crippen LogP contribution in [0.25, 0.3) is 11.1 Å². The number of hydrogen-bond donors (Lipinski definition) is 1. The molecule has 2 heterocycles. The Labute approximate surface area is 141 Å². The number of nitrogens with zero attached hydrogens (tertiary/aromatic N) is 2. The van der Waals surface area contributed by atoms with Crippen LogP contribution in [0.5, 0.6) is 0 Å². The third-order valence-electron chi connectivity index (χ3n) is 3.62. The van der Waals surface area contributed by atoms with E-state index in [4.69, 9.17) is 27.6 Å². The Morgan fingerprint density at radius 1 is 1.17 bits per heavy atom. The maximum atomic E-state index is 12.3. The molecule has 1 N–H and O–H groups in total. The summed E-state index contributed by atoms with van der Waals surface area (Å²) in [5.74, 6) is 0.778. The van der Waals surface area contributed by atoms with Crippen molar-refractivity contribution >= 4 is 45.9 Å². The molecule has 0 radical (unpaired) electrons. The van der Waals surface area contributed by atoms with Crippen LogP contribution in [0.3, 0.4) is 0 Å². The van der Waals surface area contributed by atoms with E-state index in [9.17, 15) is 4.79 Å². The van der Waals surface area contributed by atoms with E-state index >= 15 is 0 Å². The highest BCUT2D eigenvalue weighted by Crippen LogP contribution is 2.40. The molecular weight excluding hydrogens is 337 g/mol. The first-order valence-corrected chi connectivity index (χ1v) is 7.89. The first-order valence-electron chi connectivity index (χ1n) is 7.14. The monoisotopic (exact) mass is 347 g/mol. The number of pyridine rings is 1. The van der Waals surface area contributed by atoms with Gasteiger partial charge in [0.05, 0.1) is 5.02 Å². The lowest BCUT2D eigenvalue weighted by molar-refractivity contribution is 0.102. The molecule has 0 saturated heterocycles. The average Bonchev–Trinajstić information content (AvgIpc) is 3.29. The molecule has 1 amide bonds. The molecule has 23 heavy (non-hydrogen) atoms. The molecule has 0 aliphatic heterocycles. The zero-order chi connectivity index (χ0) is 16.0. The SMILES string of the molecule is O=C(Nc1ccc2oc(C3CC3)nc2c1)c1nc(Cl)ccc1Cl. The summed E-state index contributed by atoms with van der Waals surface area (Å²) in [6.07, 6.45) is 2.24. The summed E-state index contributed by atoms with van der Waals surface area (Å²) in [5.41, 5.74) is 2.10. The number of aromatic nitrogens is 2. The second-order valence-electron chi connectivity index (χ2n) is 5.43. The van der Waals surface area contributed by atoms with Crippen LogP contribution in [-0.4, -0.2) is 15.9 Å². The van der Waals surface area contributed by atoms with Crippen molar-refractivity contribution in [2.75, 3.05) is 5.32 Å². The second kappa shape index (κ2) is 5.51. The Morgan fingerprint density at radius 2 is 2.00 bits per heavy atom. The highest BCUT2D eigenvalue weighted by molar-refractivity contribution is 6.35. The Hall–Kier alpha value is -2.11. The maximum Gasteiger partial charge on any atom is 0.275 e. The molecule has 0 unspecified atom stereocenters. The van der Waals surface area contributed by atoms with Crippen LogP contribution in [-0.2, 0) is 0 Å². The molecule has 1 aliphatic carbocycles. The van der Waals surface area contributed by atoms with Gasteiger partial charge in [-0.15, -0.1) is 0 Å². The predicted molar refractivity (Wildman–Crippen MR) is 88.2 cm³/mol. The number of hydrogen-bond acceptors (Lipinski definition) is 4. The van der Waals surface area contributed by atoms with Gasteiger partial charge < -0.3 is 9.73 Å². The summed E-state index contributed by atoms with van der Waals surface area (Å²) in [5, 5.41) is 3.20. The number of halogens is 2. The number of benzene rings is 1. The molecule has 4 rings (SSSR count). The van der Waals surface area contributed by atoms with Gasteiger partial charge in [-0.25, -0.2) is 9.97 Å². The first kappa shape index (κ1) is 14.5. The Kier molecular flexibility index (Phi) is 3.47. The average molecular weight is 348 g/mol. The fraction of sp³-hybridized carbons (Fsp3) is 0.188. The largest absolute Gasteiger partial charge is 0.440 e. The highest BCUT2D eigenvalue weighted by Gasteiger charge is 2.28. The zero-order valence-electron chi connectivity index (χ0n) is 11.8.